The summed E-state index contributed by atoms with van der Waals surface area (Å²) in [5, 5.41) is 16.9. The van der Waals surface area contributed by atoms with Crippen molar-refractivity contribution in [2.75, 3.05) is 0 Å². The molecule has 1 aromatic carbocycles. The Hall–Kier alpha value is -0.674. The molecule has 1 aromatic rings. The largest absolute Gasteiger partial charge is 2.00 e. The first-order chi connectivity index (χ1) is 6.22. The molecular weight excluding hydrogens is 259 g/mol. The molecule has 0 spiro atoms. The quantitative estimate of drug-likeness (QED) is 0.534. The Bertz CT molecular complexity index is 264. The van der Waals surface area contributed by atoms with Gasteiger partial charge < -0.3 is 10.8 Å². The number of rotatable bonds is 0. The summed E-state index contributed by atoms with van der Waals surface area (Å²) in [6, 6.07) is 10.3. The Morgan fingerprint density at radius 1 is 1.00 bits per heavy atom. The molecule has 14 heavy (non-hydrogen) atoms. The number of isothiocyanates is 2. The number of benzene rings is 1. The van der Waals surface area contributed by atoms with Crippen LogP contribution in [0, 0.1) is 6.92 Å². The van der Waals surface area contributed by atoms with Crippen LogP contribution >= 0.6 is 24.4 Å². The van der Waals surface area contributed by atoms with Crippen molar-refractivity contribution in [2.45, 2.75) is 6.92 Å². The second kappa shape index (κ2) is 18.2. The van der Waals surface area contributed by atoms with Crippen LogP contribution in [0.1, 0.15) is 5.56 Å². The Morgan fingerprint density at radius 2 is 1.29 bits per heavy atom. The van der Waals surface area contributed by atoms with Gasteiger partial charge in [-0.25, -0.2) is 0 Å². The van der Waals surface area contributed by atoms with Crippen molar-refractivity contribution in [3.8, 4) is 0 Å². The molecule has 0 fully saturated rings. The summed E-state index contributed by atoms with van der Waals surface area (Å²) >= 11 is 7.40. The second-order valence-electron chi connectivity index (χ2n) is 1.84. The molecule has 0 unspecified atom stereocenters. The van der Waals surface area contributed by atoms with Crippen LogP contribution in [-0.4, -0.2) is 10.3 Å². The smallest absolute Gasteiger partial charge is 0.753 e. The van der Waals surface area contributed by atoms with E-state index in [-0.39, 0.29) is 16.8 Å². The summed E-state index contributed by atoms with van der Waals surface area (Å²) in [4.78, 5) is 0. The van der Waals surface area contributed by atoms with E-state index >= 15 is 0 Å². The number of hydrogen-bond acceptors (Lipinski definition) is 2. The molecule has 0 bridgehead atoms. The van der Waals surface area contributed by atoms with Crippen molar-refractivity contribution in [3.63, 3.8) is 0 Å². The van der Waals surface area contributed by atoms with Crippen LogP contribution in [-0.2, 0) is 16.8 Å². The minimum atomic E-state index is 0. The van der Waals surface area contributed by atoms with Crippen LogP contribution in [0.4, 0.5) is 0 Å². The van der Waals surface area contributed by atoms with Gasteiger partial charge in [-0.15, -0.1) is 0 Å². The van der Waals surface area contributed by atoms with E-state index in [4.69, 9.17) is 10.8 Å². The second-order valence-corrected chi connectivity index (χ2v) is 2.20. The van der Waals surface area contributed by atoms with Crippen molar-refractivity contribution in [1.29, 1.82) is 0 Å². The zero-order valence-corrected chi connectivity index (χ0v) is 10.1. The molecule has 75 valence electrons. The molecule has 5 heteroatoms. The third-order valence-corrected chi connectivity index (χ3v) is 0.940. The van der Waals surface area contributed by atoms with Crippen molar-refractivity contribution < 1.29 is 16.8 Å². The van der Waals surface area contributed by atoms with Gasteiger partial charge in [-0.1, -0.05) is 60.3 Å². The van der Waals surface area contributed by atoms with E-state index in [9.17, 15) is 0 Å². The predicted octanol–water partition coefficient (Wildman–Crippen LogP) is 3.31. The van der Waals surface area contributed by atoms with E-state index in [0.717, 1.165) is 0 Å². The number of hydrogen-bond donors (Lipinski definition) is 0. The van der Waals surface area contributed by atoms with Crippen LogP contribution in [0.3, 0.4) is 0 Å². The number of thiocarbonyl (C=S) groups is 2. The van der Waals surface area contributed by atoms with Crippen molar-refractivity contribution in [3.05, 3.63) is 46.7 Å². The molecule has 0 saturated carbocycles. The van der Waals surface area contributed by atoms with Gasteiger partial charge in [0.15, 0.2) is 0 Å². The first kappa shape index (κ1) is 19.0. The summed E-state index contributed by atoms with van der Waals surface area (Å²) in [7, 11) is 0. The van der Waals surface area contributed by atoms with E-state index in [2.05, 4.69) is 43.5 Å². The first-order valence-electron chi connectivity index (χ1n) is 3.27. The molecule has 0 aromatic heterocycles. The Kier molecular flexibility index (Phi) is 24.7. The van der Waals surface area contributed by atoms with Gasteiger partial charge >= 0.3 is 16.8 Å². The van der Waals surface area contributed by atoms with Crippen LogP contribution < -0.4 is 0 Å². The zero-order chi connectivity index (χ0) is 10.5. The van der Waals surface area contributed by atoms with Crippen LogP contribution in [0.25, 0.3) is 10.8 Å². The summed E-state index contributed by atoms with van der Waals surface area (Å²) in [5.41, 5.74) is 1.32. The minimum Gasteiger partial charge on any atom is -0.753 e. The van der Waals surface area contributed by atoms with Gasteiger partial charge in [0, 0.05) is 0 Å². The summed E-state index contributed by atoms with van der Waals surface area (Å²) in [6.07, 6.45) is 0. The first-order valence-corrected chi connectivity index (χ1v) is 4.08. The zero-order valence-electron chi connectivity index (χ0n) is 7.43. The molecule has 2 nitrogen and oxygen atoms in total. The Labute approximate surface area is 105 Å². The van der Waals surface area contributed by atoms with Crippen molar-refractivity contribution in [1.82, 2.24) is 0 Å². The summed E-state index contributed by atoms with van der Waals surface area (Å²) in [6.45, 7) is 2.08. The molecule has 0 saturated heterocycles. The molecule has 0 aliphatic carbocycles. The molecule has 1 radical (unpaired) electrons. The van der Waals surface area contributed by atoms with E-state index < -0.39 is 0 Å². The SMILES string of the molecule is Cc1ccccc1.[Co+2].[N-]=C=S.[N-]=C=S. The molecule has 0 N–H and O–H groups in total. The summed E-state index contributed by atoms with van der Waals surface area (Å²) < 4.78 is 0. The van der Waals surface area contributed by atoms with Crippen LogP contribution in [0.2, 0.25) is 0 Å². The van der Waals surface area contributed by atoms with Gasteiger partial charge in [0.25, 0.3) is 0 Å². The van der Waals surface area contributed by atoms with Crippen LogP contribution in [0.5, 0.6) is 0 Å². The van der Waals surface area contributed by atoms with E-state index in [1.807, 2.05) is 18.2 Å². The average Bonchev–Trinajstić information content (AvgIpc) is 2.08. The van der Waals surface area contributed by atoms with Gasteiger partial charge in [-0.3, -0.25) is 0 Å². The number of nitrogens with zero attached hydrogens (tertiary/aromatic N) is 2. The number of aryl methyl sites for hydroxylation is 1. The van der Waals surface area contributed by atoms with Gasteiger partial charge in [0.1, 0.15) is 0 Å². The van der Waals surface area contributed by atoms with Gasteiger partial charge in [0.2, 0.25) is 0 Å². The van der Waals surface area contributed by atoms with E-state index in [1.54, 1.807) is 0 Å². The molecule has 0 heterocycles. The van der Waals surface area contributed by atoms with Crippen LogP contribution in [0.15, 0.2) is 30.3 Å². The summed E-state index contributed by atoms with van der Waals surface area (Å²) in [5.74, 6) is 0. The van der Waals surface area contributed by atoms with Gasteiger partial charge in [0.05, 0.1) is 0 Å². The topological polar surface area (TPSA) is 44.6 Å². The van der Waals surface area contributed by atoms with Gasteiger partial charge in [-0.2, -0.15) is 10.3 Å². The third kappa shape index (κ3) is 22.5. The molecule has 0 aliphatic heterocycles. The van der Waals surface area contributed by atoms with Crippen molar-refractivity contribution >= 4 is 34.8 Å². The third-order valence-electron chi connectivity index (χ3n) is 0.940. The fourth-order valence-electron chi connectivity index (χ4n) is 0.534. The molecule has 0 amide bonds. The maximum absolute atomic E-state index is 7.13. The fraction of sp³-hybridized carbons (Fsp3) is 0.111. The molecule has 1 rings (SSSR count). The van der Waals surface area contributed by atoms with E-state index in [1.165, 1.54) is 15.9 Å². The predicted molar refractivity (Wildman–Crippen MR) is 63.1 cm³/mol. The molecular formula is C9H8CoN2S2. The fourth-order valence-corrected chi connectivity index (χ4v) is 0.534. The monoisotopic (exact) mass is 267 g/mol. The maximum Gasteiger partial charge on any atom is 2.00 e. The minimum absolute atomic E-state index is 0. The normalized spacial score (nSPS) is 5.50. The molecule has 0 atom stereocenters. The average molecular weight is 267 g/mol. The van der Waals surface area contributed by atoms with Gasteiger partial charge in [-0.05, 0) is 6.92 Å². The van der Waals surface area contributed by atoms with E-state index in [0.29, 0.717) is 0 Å². The standard InChI is InChI=1S/C7H8.2CNS.Co/c1-7-5-3-2-4-6-7;2*2-1-3;/h2-6H,1H3;;;/q;2*-1;+2. The molecule has 0 aliphatic rings. The maximum atomic E-state index is 7.13. The Morgan fingerprint density at radius 3 is 1.43 bits per heavy atom. The Balaban J connectivity index is -0.000000150. The van der Waals surface area contributed by atoms with Crippen molar-refractivity contribution in [2.24, 2.45) is 0 Å².